The zero-order valence-corrected chi connectivity index (χ0v) is 11.9. The van der Waals surface area contributed by atoms with Crippen LogP contribution >= 0.6 is 0 Å². The number of carbonyl (C=O) groups is 2. The van der Waals surface area contributed by atoms with Crippen LogP contribution in [0.15, 0.2) is 0 Å². The molecule has 1 fully saturated rings. The fourth-order valence-corrected chi connectivity index (χ4v) is 2.70. The van der Waals surface area contributed by atoms with Crippen LogP contribution in [0.25, 0.3) is 0 Å². The number of hydrogen-bond donors (Lipinski definition) is 1. The van der Waals surface area contributed by atoms with Gasteiger partial charge in [-0.3, -0.25) is 4.79 Å². The second-order valence-electron chi connectivity index (χ2n) is 5.65. The second-order valence-corrected chi connectivity index (χ2v) is 5.65. The molecule has 4 nitrogen and oxygen atoms in total. The van der Waals surface area contributed by atoms with E-state index in [0.29, 0.717) is 13.0 Å². The van der Waals surface area contributed by atoms with E-state index in [0.717, 1.165) is 32.2 Å². The van der Waals surface area contributed by atoms with Crippen molar-refractivity contribution in [3.8, 4) is 0 Å². The van der Waals surface area contributed by atoms with E-state index in [1.165, 1.54) is 0 Å². The Morgan fingerprint density at radius 2 is 1.89 bits per heavy atom. The van der Waals surface area contributed by atoms with Crippen LogP contribution in [0, 0.1) is 11.8 Å². The molecule has 4 heteroatoms. The second kappa shape index (κ2) is 7.52. The van der Waals surface area contributed by atoms with Gasteiger partial charge < -0.3 is 15.0 Å². The molecule has 0 heterocycles. The third-order valence-corrected chi connectivity index (χ3v) is 3.65. The number of nitrogens with zero attached hydrogens (tertiary/aromatic N) is 1. The van der Waals surface area contributed by atoms with Gasteiger partial charge in [0.1, 0.15) is 5.78 Å². The summed E-state index contributed by atoms with van der Waals surface area (Å²) in [6.45, 7) is 3.17. The topological polar surface area (TPSA) is 49.4 Å². The highest BCUT2D eigenvalue weighted by molar-refractivity contribution is 5.81. The average molecular weight is 254 g/mol. The number of carbonyl (C=O) groups excluding carboxylic acids is 2. The first-order valence-electron chi connectivity index (χ1n) is 6.92. The summed E-state index contributed by atoms with van der Waals surface area (Å²) in [4.78, 5) is 25.4. The van der Waals surface area contributed by atoms with E-state index >= 15 is 0 Å². The number of amides is 1. The Morgan fingerprint density at radius 3 is 2.50 bits per heavy atom. The minimum Gasteiger partial charge on any atom is -0.355 e. The van der Waals surface area contributed by atoms with Crippen molar-refractivity contribution in [1.82, 2.24) is 10.2 Å². The Bertz CT molecular complexity index is 290. The van der Waals surface area contributed by atoms with Gasteiger partial charge in [0.25, 0.3) is 0 Å². The van der Waals surface area contributed by atoms with Crippen molar-refractivity contribution in [2.45, 2.75) is 39.0 Å². The molecule has 0 saturated heterocycles. The molecule has 2 atom stereocenters. The van der Waals surface area contributed by atoms with E-state index in [2.05, 4.69) is 5.32 Å². The molecule has 18 heavy (non-hydrogen) atoms. The van der Waals surface area contributed by atoms with Gasteiger partial charge in [0, 0.05) is 25.4 Å². The molecule has 0 aromatic heterocycles. The Kier molecular flexibility index (Phi) is 6.33. The summed E-state index contributed by atoms with van der Waals surface area (Å²) in [6.07, 6.45) is 4.78. The maximum Gasteiger partial charge on any atom is 0.223 e. The fourth-order valence-electron chi connectivity index (χ4n) is 2.70. The Morgan fingerprint density at radius 1 is 1.22 bits per heavy atom. The monoisotopic (exact) mass is 254 g/mol. The Balaban J connectivity index is 2.44. The van der Waals surface area contributed by atoms with Crippen LogP contribution in [0.2, 0.25) is 0 Å². The van der Waals surface area contributed by atoms with E-state index in [1.807, 2.05) is 19.0 Å². The third kappa shape index (κ3) is 5.17. The SMILES string of the molecule is CC(=O)CC1CCCC[C@H]1C(=O)NCCN(C)C. The molecule has 1 unspecified atom stereocenters. The molecule has 1 rings (SSSR count). The molecule has 0 bridgehead atoms. The number of likely N-dealkylation sites (N-methyl/N-ethyl adjacent to an activating group) is 1. The van der Waals surface area contributed by atoms with Crippen molar-refractivity contribution < 1.29 is 9.59 Å². The van der Waals surface area contributed by atoms with Crippen LogP contribution in [0.4, 0.5) is 0 Å². The fraction of sp³-hybridized carbons (Fsp3) is 0.857. The molecule has 0 radical (unpaired) electrons. The number of rotatable bonds is 6. The Labute approximate surface area is 110 Å². The van der Waals surface area contributed by atoms with Crippen molar-refractivity contribution in [1.29, 1.82) is 0 Å². The van der Waals surface area contributed by atoms with Gasteiger partial charge in [-0.25, -0.2) is 0 Å². The van der Waals surface area contributed by atoms with Gasteiger partial charge in [-0.1, -0.05) is 12.8 Å². The highest BCUT2D eigenvalue weighted by Crippen LogP contribution is 2.32. The first-order valence-corrected chi connectivity index (χ1v) is 6.92. The average Bonchev–Trinajstić information content (AvgIpc) is 2.28. The molecule has 1 aliphatic rings. The Hall–Kier alpha value is -0.900. The van der Waals surface area contributed by atoms with Gasteiger partial charge in [0.15, 0.2) is 0 Å². The number of Topliss-reactive ketones (excluding diaryl/α,β-unsaturated/α-hetero) is 1. The summed E-state index contributed by atoms with van der Waals surface area (Å²) in [7, 11) is 3.98. The molecule has 0 spiro atoms. The molecular formula is C14H26N2O2. The van der Waals surface area contributed by atoms with E-state index in [1.54, 1.807) is 6.92 Å². The summed E-state index contributed by atoms with van der Waals surface area (Å²) in [5, 5.41) is 3.00. The molecule has 0 aromatic carbocycles. The lowest BCUT2D eigenvalue weighted by Crippen LogP contribution is -2.40. The van der Waals surface area contributed by atoms with Crippen LogP contribution in [-0.2, 0) is 9.59 Å². The molecule has 1 amide bonds. The van der Waals surface area contributed by atoms with E-state index < -0.39 is 0 Å². The lowest BCUT2D eigenvalue weighted by molar-refractivity contribution is -0.128. The molecule has 0 aliphatic heterocycles. The zero-order chi connectivity index (χ0) is 13.5. The quantitative estimate of drug-likeness (QED) is 0.780. The molecule has 0 aromatic rings. The lowest BCUT2D eigenvalue weighted by atomic mass is 9.76. The van der Waals surface area contributed by atoms with Gasteiger partial charge in [-0.15, -0.1) is 0 Å². The number of ketones is 1. The number of hydrogen-bond acceptors (Lipinski definition) is 3. The molecule has 1 aliphatic carbocycles. The summed E-state index contributed by atoms with van der Waals surface area (Å²) >= 11 is 0. The zero-order valence-electron chi connectivity index (χ0n) is 11.9. The van der Waals surface area contributed by atoms with Crippen molar-refractivity contribution in [2.75, 3.05) is 27.2 Å². The third-order valence-electron chi connectivity index (χ3n) is 3.65. The summed E-state index contributed by atoms with van der Waals surface area (Å²) in [6, 6.07) is 0. The number of nitrogens with one attached hydrogen (secondary N) is 1. The first-order chi connectivity index (χ1) is 8.50. The molecule has 104 valence electrons. The molecule has 1 saturated carbocycles. The highest BCUT2D eigenvalue weighted by Gasteiger charge is 2.31. The van der Waals surface area contributed by atoms with Crippen molar-refractivity contribution in [3.63, 3.8) is 0 Å². The molecular weight excluding hydrogens is 228 g/mol. The minimum absolute atomic E-state index is 0.0461. The van der Waals surface area contributed by atoms with Crippen LogP contribution in [0.5, 0.6) is 0 Å². The van der Waals surface area contributed by atoms with Gasteiger partial charge in [-0.05, 0) is 39.8 Å². The summed E-state index contributed by atoms with van der Waals surface area (Å²) < 4.78 is 0. The van der Waals surface area contributed by atoms with Gasteiger partial charge in [0.05, 0.1) is 0 Å². The summed E-state index contributed by atoms with van der Waals surface area (Å²) in [5.41, 5.74) is 0. The first kappa shape index (κ1) is 15.2. The van der Waals surface area contributed by atoms with Gasteiger partial charge >= 0.3 is 0 Å². The summed E-state index contributed by atoms with van der Waals surface area (Å²) in [5.74, 6) is 0.649. The van der Waals surface area contributed by atoms with Crippen molar-refractivity contribution in [3.05, 3.63) is 0 Å². The van der Waals surface area contributed by atoms with E-state index in [-0.39, 0.29) is 23.5 Å². The van der Waals surface area contributed by atoms with Gasteiger partial charge in [0.2, 0.25) is 5.91 Å². The van der Waals surface area contributed by atoms with Crippen LogP contribution in [-0.4, -0.2) is 43.8 Å². The molecule has 1 N–H and O–H groups in total. The standard InChI is InChI=1S/C14H26N2O2/c1-11(17)10-12-6-4-5-7-13(12)14(18)15-8-9-16(2)3/h12-13H,4-10H2,1-3H3,(H,15,18)/t12?,13-/m1/s1. The van der Waals surface area contributed by atoms with E-state index in [9.17, 15) is 9.59 Å². The maximum absolute atomic E-state index is 12.1. The van der Waals surface area contributed by atoms with E-state index in [4.69, 9.17) is 0 Å². The maximum atomic E-state index is 12.1. The van der Waals surface area contributed by atoms with Gasteiger partial charge in [-0.2, -0.15) is 0 Å². The predicted molar refractivity (Wildman–Crippen MR) is 72.3 cm³/mol. The van der Waals surface area contributed by atoms with Crippen LogP contribution < -0.4 is 5.32 Å². The normalized spacial score (nSPS) is 24.0. The van der Waals surface area contributed by atoms with Crippen LogP contribution in [0.3, 0.4) is 0 Å². The van der Waals surface area contributed by atoms with Crippen LogP contribution in [0.1, 0.15) is 39.0 Å². The lowest BCUT2D eigenvalue weighted by Gasteiger charge is -2.30. The van der Waals surface area contributed by atoms with Crippen molar-refractivity contribution >= 4 is 11.7 Å². The predicted octanol–water partition coefficient (Wildman–Crippen LogP) is 1.45. The largest absolute Gasteiger partial charge is 0.355 e. The minimum atomic E-state index is 0.0461. The highest BCUT2D eigenvalue weighted by atomic mass is 16.2. The smallest absolute Gasteiger partial charge is 0.223 e. The van der Waals surface area contributed by atoms with Crippen molar-refractivity contribution in [2.24, 2.45) is 11.8 Å².